The van der Waals surface area contributed by atoms with Crippen LogP contribution in [0.25, 0.3) is 0 Å². The van der Waals surface area contributed by atoms with Gasteiger partial charge in [0, 0.05) is 17.4 Å². The fourth-order valence-electron chi connectivity index (χ4n) is 2.84. The molecule has 0 radical (unpaired) electrons. The topological polar surface area (TPSA) is 59.1 Å². The summed E-state index contributed by atoms with van der Waals surface area (Å²) in [5.74, 6) is 3.06. The Morgan fingerprint density at radius 2 is 1.35 bits per heavy atom. The molecule has 3 rings (SSSR count). The highest BCUT2D eigenvalue weighted by molar-refractivity contribution is 5.64. The maximum atomic E-state index is 5.47. The first-order valence-corrected chi connectivity index (χ1v) is 8.73. The van der Waals surface area contributed by atoms with Gasteiger partial charge in [-0.05, 0) is 75.2 Å². The first-order valence-electron chi connectivity index (χ1n) is 8.73. The van der Waals surface area contributed by atoms with Crippen LogP contribution in [0.5, 0.6) is 5.75 Å². The van der Waals surface area contributed by atoms with Crippen molar-refractivity contribution in [2.24, 2.45) is 0 Å². The fraction of sp³-hybridized carbons (Fsp3) is 0.238. The van der Waals surface area contributed by atoms with E-state index in [1.807, 2.05) is 44.2 Å². The molecule has 1 aromatic heterocycles. The van der Waals surface area contributed by atoms with E-state index in [4.69, 9.17) is 4.74 Å². The van der Waals surface area contributed by atoms with Crippen LogP contribution in [0.2, 0.25) is 0 Å². The number of ether oxygens (including phenoxy) is 1. The summed E-state index contributed by atoms with van der Waals surface area (Å²) in [5, 5.41) is 6.68. The second-order valence-electron chi connectivity index (χ2n) is 6.27. The van der Waals surface area contributed by atoms with Crippen molar-refractivity contribution in [2.75, 3.05) is 17.2 Å². The van der Waals surface area contributed by atoms with Gasteiger partial charge in [-0.3, -0.25) is 0 Å². The number of nitrogens with one attached hydrogen (secondary N) is 2. The summed E-state index contributed by atoms with van der Waals surface area (Å²) in [6.45, 7) is 8.69. The van der Waals surface area contributed by atoms with Gasteiger partial charge in [0.15, 0.2) is 0 Å². The molecule has 5 heteroatoms. The lowest BCUT2D eigenvalue weighted by Crippen LogP contribution is -2.02. The predicted octanol–water partition coefficient (Wildman–Crippen LogP) is 5.29. The zero-order chi connectivity index (χ0) is 18.5. The molecule has 5 nitrogen and oxygen atoms in total. The molecule has 2 aromatic carbocycles. The van der Waals surface area contributed by atoms with Crippen LogP contribution in [0.4, 0.5) is 23.0 Å². The molecule has 0 saturated heterocycles. The third kappa shape index (κ3) is 4.72. The molecule has 0 saturated carbocycles. The van der Waals surface area contributed by atoms with Gasteiger partial charge in [-0.25, -0.2) is 9.97 Å². The summed E-state index contributed by atoms with van der Waals surface area (Å²) in [6.07, 6.45) is 0. The molecule has 0 amide bonds. The van der Waals surface area contributed by atoms with Crippen molar-refractivity contribution >= 4 is 23.0 Å². The van der Waals surface area contributed by atoms with E-state index in [0.29, 0.717) is 12.4 Å². The second-order valence-corrected chi connectivity index (χ2v) is 6.27. The lowest BCUT2D eigenvalue weighted by molar-refractivity contribution is 0.340. The van der Waals surface area contributed by atoms with Crippen molar-refractivity contribution in [3.8, 4) is 5.75 Å². The van der Waals surface area contributed by atoms with Gasteiger partial charge >= 0.3 is 0 Å². The minimum atomic E-state index is 0.658. The summed E-state index contributed by atoms with van der Waals surface area (Å²) >= 11 is 0. The van der Waals surface area contributed by atoms with E-state index in [1.54, 1.807) is 0 Å². The van der Waals surface area contributed by atoms with Crippen molar-refractivity contribution < 1.29 is 4.74 Å². The third-order valence-corrected chi connectivity index (χ3v) is 3.77. The van der Waals surface area contributed by atoms with E-state index in [-0.39, 0.29) is 0 Å². The Bertz CT molecular complexity index is 871. The second kappa shape index (κ2) is 7.87. The summed E-state index contributed by atoms with van der Waals surface area (Å²) in [5.41, 5.74) is 4.40. The summed E-state index contributed by atoms with van der Waals surface area (Å²) in [4.78, 5) is 8.96. The SMILES string of the molecule is CCOc1ccc(Nc2cc(Nc3cc(C)cc(C)c3)nc(C)n2)cc1. The molecule has 0 aliphatic carbocycles. The van der Waals surface area contributed by atoms with E-state index in [0.717, 1.165) is 28.8 Å². The predicted molar refractivity (Wildman–Crippen MR) is 107 cm³/mol. The smallest absolute Gasteiger partial charge is 0.136 e. The summed E-state index contributed by atoms with van der Waals surface area (Å²) in [7, 11) is 0. The monoisotopic (exact) mass is 348 g/mol. The molecule has 26 heavy (non-hydrogen) atoms. The quantitative estimate of drug-likeness (QED) is 0.634. The zero-order valence-corrected chi connectivity index (χ0v) is 15.6. The van der Waals surface area contributed by atoms with Crippen LogP contribution in [0.3, 0.4) is 0 Å². The normalized spacial score (nSPS) is 10.5. The highest BCUT2D eigenvalue weighted by atomic mass is 16.5. The largest absolute Gasteiger partial charge is 0.494 e. The van der Waals surface area contributed by atoms with E-state index in [2.05, 4.69) is 52.6 Å². The Kier molecular flexibility index (Phi) is 5.37. The van der Waals surface area contributed by atoms with Crippen LogP contribution in [0.15, 0.2) is 48.5 Å². The van der Waals surface area contributed by atoms with Crippen LogP contribution < -0.4 is 15.4 Å². The first kappa shape index (κ1) is 17.7. The Balaban J connectivity index is 1.78. The molecule has 0 atom stereocenters. The molecule has 2 N–H and O–H groups in total. The molecular weight excluding hydrogens is 324 g/mol. The van der Waals surface area contributed by atoms with Gasteiger partial charge in [0.05, 0.1) is 6.61 Å². The molecule has 0 unspecified atom stereocenters. The Morgan fingerprint density at radius 3 is 1.92 bits per heavy atom. The molecule has 3 aromatic rings. The molecule has 0 bridgehead atoms. The van der Waals surface area contributed by atoms with E-state index in [1.165, 1.54) is 11.1 Å². The molecular formula is C21H24N4O. The van der Waals surface area contributed by atoms with Gasteiger partial charge in [-0.15, -0.1) is 0 Å². The maximum absolute atomic E-state index is 5.47. The molecule has 0 spiro atoms. The molecule has 134 valence electrons. The van der Waals surface area contributed by atoms with E-state index >= 15 is 0 Å². The van der Waals surface area contributed by atoms with Gasteiger partial charge in [-0.1, -0.05) is 6.07 Å². The molecule has 1 heterocycles. The number of nitrogens with zero attached hydrogens (tertiary/aromatic N) is 2. The lowest BCUT2D eigenvalue weighted by atomic mass is 10.1. The zero-order valence-electron chi connectivity index (χ0n) is 15.6. The van der Waals surface area contributed by atoms with Gasteiger partial charge in [0.1, 0.15) is 23.2 Å². The Morgan fingerprint density at radius 1 is 0.769 bits per heavy atom. The number of hydrogen-bond donors (Lipinski definition) is 2. The van der Waals surface area contributed by atoms with Crippen LogP contribution in [0.1, 0.15) is 23.9 Å². The Labute approximate surface area is 154 Å². The van der Waals surface area contributed by atoms with Gasteiger partial charge in [-0.2, -0.15) is 0 Å². The minimum Gasteiger partial charge on any atom is -0.494 e. The average molecular weight is 348 g/mol. The van der Waals surface area contributed by atoms with E-state index < -0.39 is 0 Å². The van der Waals surface area contributed by atoms with Crippen LogP contribution >= 0.6 is 0 Å². The standard InChI is InChI=1S/C21H24N4O/c1-5-26-19-8-6-17(7-9-19)24-20-13-21(23-16(4)22-20)25-18-11-14(2)10-15(3)12-18/h6-13H,5H2,1-4H3,(H2,22,23,24,25). The maximum Gasteiger partial charge on any atom is 0.136 e. The van der Waals surface area contributed by atoms with Crippen LogP contribution in [0, 0.1) is 20.8 Å². The Hall–Kier alpha value is -3.08. The van der Waals surface area contributed by atoms with Crippen LogP contribution in [-0.4, -0.2) is 16.6 Å². The number of rotatable bonds is 6. The van der Waals surface area contributed by atoms with Gasteiger partial charge < -0.3 is 15.4 Å². The van der Waals surface area contributed by atoms with Crippen molar-refractivity contribution in [2.45, 2.75) is 27.7 Å². The van der Waals surface area contributed by atoms with Crippen molar-refractivity contribution in [3.63, 3.8) is 0 Å². The fourth-order valence-corrected chi connectivity index (χ4v) is 2.84. The van der Waals surface area contributed by atoms with Gasteiger partial charge in [0.25, 0.3) is 0 Å². The third-order valence-electron chi connectivity index (χ3n) is 3.77. The highest BCUT2D eigenvalue weighted by Gasteiger charge is 2.05. The summed E-state index contributed by atoms with van der Waals surface area (Å²) < 4.78 is 5.47. The van der Waals surface area contributed by atoms with Crippen molar-refractivity contribution in [1.29, 1.82) is 0 Å². The number of aromatic nitrogens is 2. The van der Waals surface area contributed by atoms with Crippen LogP contribution in [-0.2, 0) is 0 Å². The number of aryl methyl sites for hydroxylation is 3. The van der Waals surface area contributed by atoms with E-state index in [9.17, 15) is 0 Å². The number of hydrogen-bond acceptors (Lipinski definition) is 5. The van der Waals surface area contributed by atoms with Crippen molar-refractivity contribution in [1.82, 2.24) is 9.97 Å². The number of anilines is 4. The lowest BCUT2D eigenvalue weighted by Gasteiger charge is -2.12. The molecule has 0 fully saturated rings. The highest BCUT2D eigenvalue weighted by Crippen LogP contribution is 2.23. The first-order chi connectivity index (χ1) is 12.5. The minimum absolute atomic E-state index is 0.658. The number of benzene rings is 2. The average Bonchev–Trinajstić information content (AvgIpc) is 2.55. The molecule has 0 aliphatic rings. The molecule has 0 aliphatic heterocycles. The van der Waals surface area contributed by atoms with Crippen molar-refractivity contribution in [3.05, 3.63) is 65.5 Å². The van der Waals surface area contributed by atoms with Gasteiger partial charge in [0.2, 0.25) is 0 Å². The summed E-state index contributed by atoms with van der Waals surface area (Å²) in [6, 6.07) is 16.1.